The van der Waals surface area contributed by atoms with Gasteiger partial charge in [-0.3, -0.25) is 4.79 Å². The van der Waals surface area contributed by atoms with Crippen LogP contribution in [0.5, 0.6) is 0 Å². The van der Waals surface area contributed by atoms with Crippen LogP contribution in [0.15, 0.2) is 24.3 Å². The molecule has 4 nitrogen and oxygen atoms in total. The Morgan fingerprint density at radius 3 is 2.79 bits per heavy atom. The van der Waals surface area contributed by atoms with Crippen LogP contribution in [0.25, 0.3) is 0 Å². The average Bonchev–Trinajstić information content (AvgIpc) is 2.92. The topological polar surface area (TPSA) is 66.8 Å². The van der Waals surface area contributed by atoms with Gasteiger partial charge in [-0.05, 0) is 55.4 Å². The van der Waals surface area contributed by atoms with Crippen molar-refractivity contribution in [2.24, 2.45) is 34.0 Å². The SMILES string of the molecule is C=C1[C@@H]2CC[C@H]3[C@]4(C)CC=C[C@@]5(C)C(=O)O[C@@H]([C@H](O)[C@]3(C2)[C@@H]1O)[C@@H]45. The minimum absolute atomic E-state index is 0.0225. The lowest BCUT2D eigenvalue weighted by atomic mass is 9.41. The van der Waals surface area contributed by atoms with Crippen molar-refractivity contribution in [3.8, 4) is 0 Å². The third-order valence-corrected chi connectivity index (χ3v) is 8.48. The number of rotatable bonds is 0. The number of esters is 1. The number of fused-ring (bicyclic) bond motifs is 2. The number of hydrogen-bond acceptors (Lipinski definition) is 4. The molecule has 5 rings (SSSR count). The van der Waals surface area contributed by atoms with Crippen LogP contribution in [0, 0.1) is 34.0 Å². The van der Waals surface area contributed by atoms with Crippen molar-refractivity contribution >= 4 is 5.97 Å². The van der Waals surface area contributed by atoms with E-state index in [2.05, 4.69) is 19.6 Å². The Morgan fingerprint density at radius 1 is 1.29 bits per heavy atom. The molecule has 0 unspecified atom stereocenters. The summed E-state index contributed by atoms with van der Waals surface area (Å²) in [7, 11) is 0. The lowest BCUT2D eigenvalue weighted by molar-refractivity contribution is -0.231. The van der Waals surface area contributed by atoms with Crippen molar-refractivity contribution in [3.05, 3.63) is 24.3 Å². The van der Waals surface area contributed by atoms with E-state index in [1.165, 1.54) is 0 Å². The molecule has 4 fully saturated rings. The number of ether oxygens (including phenoxy) is 1. The molecule has 0 aromatic carbocycles. The van der Waals surface area contributed by atoms with Gasteiger partial charge in [0.05, 0.1) is 17.6 Å². The first-order valence-corrected chi connectivity index (χ1v) is 9.20. The Bertz CT molecular complexity index is 683. The zero-order chi connectivity index (χ0) is 17.1. The number of aliphatic hydroxyl groups excluding tert-OH is 2. The van der Waals surface area contributed by atoms with Crippen molar-refractivity contribution in [1.82, 2.24) is 0 Å². The molecule has 4 aliphatic carbocycles. The van der Waals surface area contributed by atoms with E-state index in [1.807, 2.05) is 13.0 Å². The maximum absolute atomic E-state index is 12.7. The molecule has 1 aliphatic heterocycles. The van der Waals surface area contributed by atoms with E-state index in [4.69, 9.17) is 4.74 Å². The zero-order valence-electron chi connectivity index (χ0n) is 14.4. The Labute approximate surface area is 142 Å². The van der Waals surface area contributed by atoms with E-state index < -0.39 is 29.1 Å². The molecule has 9 atom stereocenters. The first-order chi connectivity index (χ1) is 11.3. The van der Waals surface area contributed by atoms with Crippen LogP contribution in [0.1, 0.15) is 39.5 Å². The summed E-state index contributed by atoms with van der Waals surface area (Å²) in [5.74, 6) is 0.224. The third-order valence-electron chi connectivity index (χ3n) is 8.48. The first kappa shape index (κ1) is 15.2. The quantitative estimate of drug-likeness (QED) is 0.528. The average molecular weight is 330 g/mol. The Balaban J connectivity index is 1.74. The van der Waals surface area contributed by atoms with Crippen LogP contribution in [-0.4, -0.2) is 34.5 Å². The summed E-state index contributed by atoms with van der Waals surface area (Å²) in [4.78, 5) is 12.7. The summed E-state index contributed by atoms with van der Waals surface area (Å²) in [6.07, 6.45) is 5.74. The molecule has 130 valence electrons. The molecule has 4 heteroatoms. The lowest BCUT2D eigenvalue weighted by Crippen LogP contribution is -2.67. The summed E-state index contributed by atoms with van der Waals surface area (Å²) >= 11 is 0. The smallest absolute Gasteiger partial charge is 0.316 e. The molecule has 0 amide bonds. The van der Waals surface area contributed by atoms with Gasteiger partial charge < -0.3 is 14.9 Å². The third kappa shape index (κ3) is 1.32. The molecule has 5 aliphatic rings. The second kappa shape index (κ2) is 4.16. The summed E-state index contributed by atoms with van der Waals surface area (Å²) < 4.78 is 5.76. The van der Waals surface area contributed by atoms with Crippen LogP contribution in [0.3, 0.4) is 0 Å². The van der Waals surface area contributed by atoms with E-state index in [0.717, 1.165) is 31.3 Å². The Morgan fingerprint density at radius 2 is 2.04 bits per heavy atom. The standard InChI is InChI=1S/C20H26O4/c1-10-11-5-6-12-18(2)7-4-8-19(3)14(18)13(24-17(19)23)16(22)20(12,9-11)15(10)21/h4,8,11-16,21-22H,1,5-7,9H2,2-3H3/t11-,12+,13-,14+,15-,16+,18+,19-,20+/m1/s1. The van der Waals surface area contributed by atoms with Gasteiger partial charge in [0.2, 0.25) is 0 Å². The van der Waals surface area contributed by atoms with Gasteiger partial charge in [0.15, 0.2) is 0 Å². The summed E-state index contributed by atoms with van der Waals surface area (Å²) in [5, 5.41) is 22.4. The van der Waals surface area contributed by atoms with Crippen molar-refractivity contribution in [1.29, 1.82) is 0 Å². The fraction of sp³-hybridized carbons (Fsp3) is 0.750. The Hall–Kier alpha value is -1.13. The molecular formula is C20H26O4. The summed E-state index contributed by atoms with van der Waals surface area (Å²) in [5.41, 5.74) is -0.530. The van der Waals surface area contributed by atoms with E-state index in [9.17, 15) is 15.0 Å². The van der Waals surface area contributed by atoms with Gasteiger partial charge in [0.25, 0.3) is 0 Å². The van der Waals surface area contributed by atoms with Gasteiger partial charge in [-0.2, -0.15) is 0 Å². The van der Waals surface area contributed by atoms with Gasteiger partial charge in [-0.15, -0.1) is 0 Å². The normalized spacial score (nSPS) is 60.7. The number of carbonyl (C=O) groups is 1. The van der Waals surface area contributed by atoms with Crippen LogP contribution in [-0.2, 0) is 9.53 Å². The van der Waals surface area contributed by atoms with Crippen molar-refractivity contribution in [2.75, 3.05) is 0 Å². The largest absolute Gasteiger partial charge is 0.459 e. The molecule has 0 aromatic heterocycles. The second-order valence-corrected chi connectivity index (χ2v) is 9.31. The number of carbonyl (C=O) groups excluding carboxylic acids is 1. The lowest BCUT2D eigenvalue weighted by Gasteiger charge is -2.63. The summed E-state index contributed by atoms with van der Waals surface area (Å²) in [6, 6.07) is 0. The molecule has 1 spiro atoms. The molecule has 3 saturated carbocycles. The molecule has 2 bridgehead atoms. The van der Waals surface area contributed by atoms with E-state index in [-0.39, 0.29) is 29.1 Å². The van der Waals surface area contributed by atoms with Crippen LogP contribution in [0.4, 0.5) is 0 Å². The second-order valence-electron chi connectivity index (χ2n) is 9.31. The van der Waals surface area contributed by atoms with Gasteiger partial charge >= 0.3 is 5.97 Å². The van der Waals surface area contributed by atoms with Crippen LogP contribution in [0.2, 0.25) is 0 Å². The highest BCUT2D eigenvalue weighted by Crippen LogP contribution is 2.73. The van der Waals surface area contributed by atoms with Gasteiger partial charge in [-0.1, -0.05) is 25.7 Å². The molecule has 24 heavy (non-hydrogen) atoms. The van der Waals surface area contributed by atoms with Crippen LogP contribution >= 0.6 is 0 Å². The molecule has 2 N–H and O–H groups in total. The predicted octanol–water partition coefficient (Wildman–Crippen LogP) is 2.21. The van der Waals surface area contributed by atoms with Crippen molar-refractivity contribution in [2.45, 2.75) is 57.8 Å². The Kier molecular flexibility index (Phi) is 2.62. The number of hydrogen-bond donors (Lipinski definition) is 2. The zero-order valence-corrected chi connectivity index (χ0v) is 14.4. The fourth-order valence-corrected chi connectivity index (χ4v) is 7.54. The minimum atomic E-state index is -0.810. The van der Waals surface area contributed by atoms with Crippen molar-refractivity contribution in [3.63, 3.8) is 0 Å². The van der Waals surface area contributed by atoms with Crippen LogP contribution < -0.4 is 0 Å². The number of allylic oxidation sites excluding steroid dienone is 1. The first-order valence-electron chi connectivity index (χ1n) is 9.20. The summed E-state index contributed by atoms with van der Waals surface area (Å²) in [6.45, 7) is 8.34. The van der Waals surface area contributed by atoms with E-state index in [1.54, 1.807) is 0 Å². The van der Waals surface area contributed by atoms with Gasteiger partial charge in [-0.25, -0.2) is 0 Å². The maximum Gasteiger partial charge on any atom is 0.316 e. The highest BCUT2D eigenvalue weighted by Gasteiger charge is 2.76. The minimum Gasteiger partial charge on any atom is -0.459 e. The monoisotopic (exact) mass is 330 g/mol. The van der Waals surface area contributed by atoms with Gasteiger partial charge in [0.1, 0.15) is 6.10 Å². The van der Waals surface area contributed by atoms with Gasteiger partial charge in [0, 0.05) is 11.3 Å². The molecule has 0 radical (unpaired) electrons. The fourth-order valence-electron chi connectivity index (χ4n) is 7.54. The molecule has 1 heterocycles. The van der Waals surface area contributed by atoms with Crippen molar-refractivity contribution < 1.29 is 19.7 Å². The van der Waals surface area contributed by atoms with E-state index >= 15 is 0 Å². The number of aliphatic hydroxyl groups is 2. The molecule has 0 aromatic rings. The molecule has 1 saturated heterocycles. The molecular weight excluding hydrogens is 304 g/mol. The highest BCUT2D eigenvalue weighted by molar-refractivity contribution is 5.82. The predicted molar refractivity (Wildman–Crippen MR) is 87.8 cm³/mol. The highest BCUT2D eigenvalue weighted by atomic mass is 16.6. The maximum atomic E-state index is 12.7. The van der Waals surface area contributed by atoms with E-state index in [0.29, 0.717) is 0 Å².